The van der Waals surface area contributed by atoms with Crippen LogP contribution in [0.1, 0.15) is 27.6 Å². The highest BCUT2D eigenvalue weighted by Crippen LogP contribution is 2.25. The molecule has 6 nitrogen and oxygen atoms in total. The maximum Gasteiger partial charge on any atom is 0.265 e. The van der Waals surface area contributed by atoms with Gasteiger partial charge in [-0.3, -0.25) is 14.4 Å². The first kappa shape index (κ1) is 15.5. The molecule has 0 saturated heterocycles. The number of nitrogens with one attached hydrogen (secondary N) is 2. The van der Waals surface area contributed by atoms with Crippen molar-refractivity contribution in [2.45, 2.75) is 6.92 Å². The first-order valence-electron chi connectivity index (χ1n) is 7.23. The van der Waals surface area contributed by atoms with Crippen molar-refractivity contribution in [3.8, 4) is 5.75 Å². The van der Waals surface area contributed by atoms with Crippen molar-refractivity contribution in [2.75, 3.05) is 5.32 Å². The number of aromatic hydroxyl groups is 1. The van der Waals surface area contributed by atoms with E-state index in [-0.39, 0.29) is 17.1 Å². The molecule has 0 atom stereocenters. The Kier molecular flexibility index (Phi) is 3.87. The van der Waals surface area contributed by atoms with Gasteiger partial charge in [0, 0.05) is 16.6 Å². The van der Waals surface area contributed by atoms with E-state index in [1.807, 2.05) is 0 Å². The van der Waals surface area contributed by atoms with Gasteiger partial charge in [0.05, 0.1) is 5.52 Å². The zero-order valence-electron chi connectivity index (χ0n) is 12.8. The third kappa shape index (κ3) is 2.77. The predicted molar refractivity (Wildman–Crippen MR) is 90.6 cm³/mol. The molecule has 2 aromatic carbocycles. The van der Waals surface area contributed by atoms with Crippen LogP contribution < -0.4 is 10.9 Å². The van der Waals surface area contributed by atoms with Crippen molar-refractivity contribution >= 4 is 28.3 Å². The number of hydrogen-bond acceptors (Lipinski definition) is 4. The van der Waals surface area contributed by atoms with E-state index in [0.717, 1.165) is 0 Å². The Morgan fingerprint density at radius 1 is 1.08 bits per heavy atom. The summed E-state index contributed by atoms with van der Waals surface area (Å²) in [5.41, 5.74) is 0.174. The Balaban J connectivity index is 2.02. The van der Waals surface area contributed by atoms with Crippen LogP contribution in [0.4, 0.5) is 5.69 Å². The van der Waals surface area contributed by atoms with E-state index in [1.165, 1.54) is 13.0 Å². The van der Waals surface area contributed by atoms with Crippen molar-refractivity contribution in [3.05, 3.63) is 70.0 Å². The average molecular weight is 322 g/mol. The summed E-state index contributed by atoms with van der Waals surface area (Å²) < 4.78 is 0. The molecule has 120 valence electrons. The van der Waals surface area contributed by atoms with E-state index in [4.69, 9.17) is 0 Å². The Labute approximate surface area is 136 Å². The lowest BCUT2D eigenvalue weighted by Gasteiger charge is -2.09. The number of para-hydroxylation sites is 1. The molecule has 0 fully saturated rings. The number of carbonyl (C=O) groups excluding carboxylic acids is 2. The summed E-state index contributed by atoms with van der Waals surface area (Å²) in [6, 6.07) is 13.0. The molecule has 1 heterocycles. The number of hydrogen-bond donors (Lipinski definition) is 3. The maximum absolute atomic E-state index is 12.4. The quantitative estimate of drug-likeness (QED) is 0.646. The first-order valence-corrected chi connectivity index (χ1v) is 7.23. The van der Waals surface area contributed by atoms with Gasteiger partial charge in [-0.05, 0) is 31.2 Å². The zero-order chi connectivity index (χ0) is 17.3. The highest BCUT2D eigenvalue weighted by Gasteiger charge is 2.19. The summed E-state index contributed by atoms with van der Waals surface area (Å²) in [5, 5.41) is 13.2. The van der Waals surface area contributed by atoms with Crippen molar-refractivity contribution in [1.82, 2.24) is 4.98 Å². The number of H-pyrrole nitrogens is 1. The SMILES string of the molecule is CC(=O)c1cccc(NC(=O)c2c(O)c3ccccc3[nH]c2=O)c1. The van der Waals surface area contributed by atoms with E-state index in [0.29, 0.717) is 22.2 Å². The molecular formula is C18H14N2O4. The van der Waals surface area contributed by atoms with Gasteiger partial charge in [-0.15, -0.1) is 0 Å². The van der Waals surface area contributed by atoms with Crippen LogP contribution in [0.2, 0.25) is 0 Å². The molecule has 0 radical (unpaired) electrons. The minimum atomic E-state index is -0.750. The Hall–Kier alpha value is -3.41. The molecule has 0 bridgehead atoms. The first-order chi connectivity index (χ1) is 11.5. The number of amides is 1. The molecule has 0 aliphatic rings. The molecule has 0 unspecified atom stereocenters. The molecule has 1 aromatic heterocycles. The minimum absolute atomic E-state index is 0.141. The second kappa shape index (κ2) is 6.00. The fourth-order valence-electron chi connectivity index (χ4n) is 2.45. The number of rotatable bonds is 3. The van der Waals surface area contributed by atoms with E-state index in [1.54, 1.807) is 42.5 Å². The fraction of sp³-hybridized carbons (Fsp3) is 0.0556. The molecule has 3 rings (SSSR count). The highest BCUT2D eigenvalue weighted by atomic mass is 16.3. The lowest BCUT2D eigenvalue weighted by atomic mass is 10.1. The number of benzene rings is 2. The van der Waals surface area contributed by atoms with Gasteiger partial charge in [-0.2, -0.15) is 0 Å². The predicted octanol–water partition coefficient (Wildman–Crippen LogP) is 2.69. The summed E-state index contributed by atoms with van der Waals surface area (Å²) in [4.78, 5) is 38.5. The second-order valence-electron chi connectivity index (χ2n) is 5.31. The van der Waals surface area contributed by atoms with E-state index in [2.05, 4.69) is 10.3 Å². The number of aromatic nitrogens is 1. The monoisotopic (exact) mass is 322 g/mol. The van der Waals surface area contributed by atoms with Gasteiger partial charge in [0.2, 0.25) is 0 Å². The number of Topliss-reactive ketones (excluding diaryl/α,β-unsaturated/α-hetero) is 1. The molecule has 0 aliphatic carbocycles. The van der Waals surface area contributed by atoms with Crippen LogP contribution in [0.5, 0.6) is 5.75 Å². The standard InChI is InChI=1S/C18H14N2O4/c1-10(21)11-5-4-6-12(9-11)19-17(23)15-16(22)13-7-2-3-8-14(13)20-18(15)24/h2-9H,1H3,(H,19,23)(H2,20,22,24). The Morgan fingerprint density at radius 2 is 1.83 bits per heavy atom. The Morgan fingerprint density at radius 3 is 2.58 bits per heavy atom. The van der Waals surface area contributed by atoms with Crippen molar-refractivity contribution < 1.29 is 14.7 Å². The maximum atomic E-state index is 12.4. The lowest BCUT2D eigenvalue weighted by molar-refractivity contribution is 0.100. The Bertz CT molecular complexity index is 1020. The highest BCUT2D eigenvalue weighted by molar-refractivity contribution is 6.09. The van der Waals surface area contributed by atoms with Gasteiger partial charge >= 0.3 is 0 Å². The number of fused-ring (bicyclic) bond motifs is 1. The van der Waals surface area contributed by atoms with Crippen molar-refractivity contribution in [2.24, 2.45) is 0 Å². The van der Waals surface area contributed by atoms with Gasteiger partial charge in [0.25, 0.3) is 11.5 Å². The summed E-state index contributed by atoms with van der Waals surface area (Å²) in [7, 11) is 0. The topological polar surface area (TPSA) is 99.3 Å². The van der Waals surface area contributed by atoms with E-state index < -0.39 is 11.5 Å². The molecule has 0 aliphatic heterocycles. The average Bonchev–Trinajstić information content (AvgIpc) is 2.55. The van der Waals surface area contributed by atoms with Gasteiger partial charge in [-0.25, -0.2) is 0 Å². The molecule has 3 aromatic rings. The van der Waals surface area contributed by atoms with Crippen LogP contribution in [0.3, 0.4) is 0 Å². The van der Waals surface area contributed by atoms with Gasteiger partial charge in [-0.1, -0.05) is 24.3 Å². The normalized spacial score (nSPS) is 10.5. The van der Waals surface area contributed by atoms with Gasteiger partial charge in [0.1, 0.15) is 11.3 Å². The minimum Gasteiger partial charge on any atom is -0.506 e. The molecule has 0 saturated carbocycles. The van der Waals surface area contributed by atoms with Crippen molar-refractivity contribution in [1.29, 1.82) is 0 Å². The van der Waals surface area contributed by atoms with Crippen LogP contribution in [0.25, 0.3) is 10.9 Å². The lowest BCUT2D eigenvalue weighted by Crippen LogP contribution is -2.23. The third-order valence-corrected chi connectivity index (χ3v) is 3.65. The van der Waals surface area contributed by atoms with E-state index in [9.17, 15) is 19.5 Å². The number of ketones is 1. The van der Waals surface area contributed by atoms with E-state index >= 15 is 0 Å². The molecule has 3 N–H and O–H groups in total. The number of anilines is 1. The number of aromatic amines is 1. The molecular weight excluding hydrogens is 308 g/mol. The number of pyridine rings is 1. The van der Waals surface area contributed by atoms with Gasteiger partial charge < -0.3 is 15.4 Å². The summed E-state index contributed by atoms with van der Waals surface area (Å²) in [5.74, 6) is -1.27. The largest absolute Gasteiger partial charge is 0.506 e. The summed E-state index contributed by atoms with van der Waals surface area (Å²) in [6.07, 6.45) is 0. The summed E-state index contributed by atoms with van der Waals surface area (Å²) in [6.45, 7) is 1.42. The van der Waals surface area contributed by atoms with Crippen LogP contribution in [0.15, 0.2) is 53.3 Å². The second-order valence-corrected chi connectivity index (χ2v) is 5.31. The zero-order valence-corrected chi connectivity index (χ0v) is 12.8. The molecule has 24 heavy (non-hydrogen) atoms. The molecule has 0 spiro atoms. The molecule has 6 heteroatoms. The van der Waals surface area contributed by atoms with Crippen LogP contribution >= 0.6 is 0 Å². The van der Waals surface area contributed by atoms with Crippen LogP contribution in [0, 0.1) is 0 Å². The summed E-state index contributed by atoms with van der Waals surface area (Å²) >= 11 is 0. The number of carbonyl (C=O) groups is 2. The van der Waals surface area contributed by atoms with Crippen LogP contribution in [-0.2, 0) is 0 Å². The fourth-order valence-corrected chi connectivity index (χ4v) is 2.45. The van der Waals surface area contributed by atoms with Crippen LogP contribution in [-0.4, -0.2) is 21.8 Å². The third-order valence-electron chi connectivity index (χ3n) is 3.65. The molecule has 1 amide bonds. The van der Waals surface area contributed by atoms with Crippen molar-refractivity contribution in [3.63, 3.8) is 0 Å². The van der Waals surface area contributed by atoms with Gasteiger partial charge in [0.15, 0.2) is 5.78 Å². The smallest absolute Gasteiger partial charge is 0.265 e.